The van der Waals surface area contributed by atoms with Gasteiger partial charge >= 0.3 is 5.97 Å². The van der Waals surface area contributed by atoms with Gasteiger partial charge in [0.1, 0.15) is 14.7 Å². The summed E-state index contributed by atoms with van der Waals surface area (Å²) in [5.74, 6) is -0.509. The van der Waals surface area contributed by atoms with Crippen LogP contribution in [0.3, 0.4) is 0 Å². The summed E-state index contributed by atoms with van der Waals surface area (Å²) < 4.78 is 5.31. The summed E-state index contributed by atoms with van der Waals surface area (Å²) >= 11 is 0. The average Bonchev–Trinajstić information content (AvgIpc) is 2.60. The maximum absolute atomic E-state index is 11.9. The molecule has 0 amide bonds. The van der Waals surface area contributed by atoms with Crippen LogP contribution in [0, 0.1) is 0 Å². The van der Waals surface area contributed by atoms with Gasteiger partial charge in [0.15, 0.2) is 0 Å². The number of unbranched alkanes of at least 4 members (excludes halogenated alkanes) is 1. The van der Waals surface area contributed by atoms with E-state index in [2.05, 4.69) is 26.6 Å². The zero-order valence-corrected chi connectivity index (χ0v) is 15.0. The Morgan fingerprint density at radius 2 is 1.78 bits per heavy atom. The molecule has 0 unspecified atom stereocenters. The van der Waals surface area contributed by atoms with E-state index in [9.17, 15) is 4.79 Å². The van der Waals surface area contributed by atoms with Crippen molar-refractivity contribution in [3.8, 4) is 0 Å². The molecule has 0 saturated carbocycles. The summed E-state index contributed by atoms with van der Waals surface area (Å²) in [5.41, 5.74) is 4.36. The molecule has 0 aliphatic heterocycles. The van der Waals surface area contributed by atoms with Crippen LogP contribution in [0.4, 0.5) is 0 Å². The number of ether oxygens (including phenoxy) is 1. The van der Waals surface area contributed by atoms with Crippen LogP contribution < -0.4 is 5.19 Å². The number of benzene rings is 1. The summed E-state index contributed by atoms with van der Waals surface area (Å²) in [5, 5.41) is 1.14. The van der Waals surface area contributed by atoms with Gasteiger partial charge in [0.2, 0.25) is 0 Å². The smallest absolute Gasteiger partial charge is 0.373 e. The van der Waals surface area contributed by atoms with E-state index in [-0.39, 0.29) is 6.61 Å². The fraction of sp³-hybridized carbons (Fsp3) is 0.389. The van der Waals surface area contributed by atoms with Crippen LogP contribution in [0.1, 0.15) is 30.1 Å². The van der Waals surface area contributed by atoms with Gasteiger partial charge in [0.05, 0.1) is 12.2 Å². The monoisotopic (exact) mass is 334 g/mol. The molecule has 0 aliphatic carbocycles. The standard InChI is InChI=1S/C18H26O4Si/c1-5-8-13-20-14-15-21-22-18(19)16-9-11-17(12-10-16)23(4,6-2)7-3/h6-7,9-12H,2-3,5,8,13-15H2,1,4H3. The molecule has 0 spiro atoms. The van der Waals surface area contributed by atoms with Crippen LogP contribution >= 0.6 is 0 Å². The normalized spacial score (nSPS) is 11.0. The second kappa shape index (κ2) is 10.2. The van der Waals surface area contributed by atoms with Crippen LogP contribution in [-0.4, -0.2) is 33.9 Å². The molecule has 0 bridgehead atoms. The van der Waals surface area contributed by atoms with Crippen LogP contribution in [0.5, 0.6) is 0 Å². The van der Waals surface area contributed by atoms with Crippen molar-refractivity contribution in [1.29, 1.82) is 0 Å². The van der Waals surface area contributed by atoms with Gasteiger partial charge in [-0.25, -0.2) is 4.79 Å². The Kier molecular flexibility index (Phi) is 8.54. The minimum atomic E-state index is -1.85. The molecule has 1 rings (SSSR count). The van der Waals surface area contributed by atoms with Crippen molar-refractivity contribution in [3.05, 3.63) is 54.4 Å². The maximum atomic E-state index is 11.9. The van der Waals surface area contributed by atoms with Gasteiger partial charge in [0.25, 0.3) is 0 Å². The van der Waals surface area contributed by atoms with Crippen molar-refractivity contribution >= 4 is 19.2 Å². The molecule has 0 heterocycles. The molecule has 1 aromatic rings. The summed E-state index contributed by atoms with van der Waals surface area (Å²) in [6.45, 7) is 13.3. The van der Waals surface area contributed by atoms with E-state index in [1.165, 1.54) is 0 Å². The molecule has 0 atom stereocenters. The van der Waals surface area contributed by atoms with E-state index >= 15 is 0 Å². The zero-order valence-electron chi connectivity index (χ0n) is 14.0. The Morgan fingerprint density at radius 1 is 1.13 bits per heavy atom. The molecular formula is C18H26O4Si. The molecule has 1 aromatic carbocycles. The second-order valence-corrected chi connectivity index (χ2v) is 9.39. The lowest BCUT2D eigenvalue weighted by molar-refractivity contribution is -0.247. The van der Waals surface area contributed by atoms with E-state index in [1.807, 2.05) is 23.5 Å². The number of rotatable bonds is 11. The van der Waals surface area contributed by atoms with E-state index in [1.54, 1.807) is 12.1 Å². The summed E-state index contributed by atoms with van der Waals surface area (Å²) in [6.07, 6.45) is 2.11. The molecule has 0 aliphatic rings. The predicted molar refractivity (Wildman–Crippen MR) is 95.2 cm³/mol. The van der Waals surface area contributed by atoms with E-state index in [0.717, 1.165) is 18.0 Å². The number of hydrogen-bond acceptors (Lipinski definition) is 4. The summed E-state index contributed by atoms with van der Waals surface area (Å²) in [7, 11) is -1.85. The quantitative estimate of drug-likeness (QED) is 0.269. The molecule has 0 radical (unpaired) electrons. The third kappa shape index (κ3) is 6.13. The lowest BCUT2D eigenvalue weighted by Gasteiger charge is -2.19. The largest absolute Gasteiger partial charge is 0.379 e. The Balaban J connectivity index is 2.43. The highest BCUT2D eigenvalue weighted by molar-refractivity contribution is 6.98. The first-order chi connectivity index (χ1) is 11.1. The minimum Gasteiger partial charge on any atom is -0.379 e. The molecule has 4 nitrogen and oxygen atoms in total. The van der Waals surface area contributed by atoms with Crippen LogP contribution in [-0.2, 0) is 14.5 Å². The summed E-state index contributed by atoms with van der Waals surface area (Å²) in [6, 6.07) is 7.30. The Hall–Kier alpha value is -1.69. The molecule has 0 saturated heterocycles. The molecule has 0 aromatic heterocycles. The predicted octanol–water partition coefficient (Wildman–Crippen LogP) is 3.33. The fourth-order valence-corrected chi connectivity index (χ4v) is 3.39. The Bertz CT molecular complexity index is 502. The van der Waals surface area contributed by atoms with Crippen LogP contribution in [0.15, 0.2) is 48.8 Å². The van der Waals surface area contributed by atoms with Crippen molar-refractivity contribution in [2.24, 2.45) is 0 Å². The molecule has 23 heavy (non-hydrogen) atoms. The van der Waals surface area contributed by atoms with E-state index < -0.39 is 14.0 Å². The first kappa shape index (κ1) is 19.4. The van der Waals surface area contributed by atoms with Gasteiger partial charge in [-0.15, -0.1) is 13.2 Å². The number of carbonyl (C=O) groups is 1. The van der Waals surface area contributed by atoms with Gasteiger partial charge in [0, 0.05) is 6.61 Å². The maximum Gasteiger partial charge on any atom is 0.373 e. The Morgan fingerprint density at radius 3 is 2.35 bits per heavy atom. The van der Waals surface area contributed by atoms with Gasteiger partial charge in [-0.1, -0.05) is 48.6 Å². The first-order valence-corrected chi connectivity index (χ1v) is 10.5. The Labute approximate surface area is 139 Å². The third-order valence-electron chi connectivity index (χ3n) is 3.68. The molecular weight excluding hydrogens is 308 g/mol. The van der Waals surface area contributed by atoms with Crippen LogP contribution in [0.25, 0.3) is 0 Å². The van der Waals surface area contributed by atoms with Gasteiger partial charge in [-0.2, -0.15) is 4.89 Å². The van der Waals surface area contributed by atoms with Crippen molar-refractivity contribution in [2.45, 2.75) is 26.3 Å². The average molecular weight is 334 g/mol. The minimum absolute atomic E-state index is 0.228. The molecule has 126 valence electrons. The van der Waals surface area contributed by atoms with Crippen molar-refractivity contribution in [1.82, 2.24) is 0 Å². The summed E-state index contributed by atoms with van der Waals surface area (Å²) in [4.78, 5) is 21.5. The number of hydrogen-bond donors (Lipinski definition) is 0. The first-order valence-electron chi connectivity index (χ1n) is 7.86. The van der Waals surface area contributed by atoms with E-state index in [4.69, 9.17) is 14.5 Å². The van der Waals surface area contributed by atoms with Crippen LogP contribution in [0.2, 0.25) is 6.55 Å². The van der Waals surface area contributed by atoms with Crippen molar-refractivity contribution < 1.29 is 19.3 Å². The SMILES string of the molecule is C=C[Si](C)(C=C)c1ccc(C(=O)OOCCOCCCC)cc1. The van der Waals surface area contributed by atoms with Crippen molar-refractivity contribution in [2.75, 3.05) is 19.8 Å². The second-order valence-electron chi connectivity index (χ2n) is 5.43. The van der Waals surface area contributed by atoms with Gasteiger partial charge < -0.3 is 4.74 Å². The van der Waals surface area contributed by atoms with Crippen molar-refractivity contribution in [3.63, 3.8) is 0 Å². The molecule has 5 heteroatoms. The van der Waals surface area contributed by atoms with Gasteiger partial charge in [-0.05, 0) is 18.6 Å². The topological polar surface area (TPSA) is 44.8 Å². The van der Waals surface area contributed by atoms with E-state index in [0.29, 0.717) is 18.8 Å². The lowest BCUT2D eigenvalue weighted by Crippen LogP contribution is -2.40. The molecule has 0 N–H and O–H groups in total. The molecule has 0 fully saturated rings. The fourth-order valence-electron chi connectivity index (χ4n) is 1.87. The highest BCUT2D eigenvalue weighted by Gasteiger charge is 2.22. The highest BCUT2D eigenvalue weighted by atomic mass is 28.3. The zero-order chi connectivity index (χ0) is 17.1. The number of carbonyl (C=O) groups excluding carboxylic acids is 1. The third-order valence-corrected chi connectivity index (χ3v) is 6.95. The highest BCUT2D eigenvalue weighted by Crippen LogP contribution is 2.08. The van der Waals surface area contributed by atoms with Gasteiger partial charge in [-0.3, -0.25) is 4.89 Å². The lowest BCUT2D eigenvalue weighted by atomic mass is 10.2.